The van der Waals surface area contributed by atoms with Gasteiger partial charge >= 0.3 is 6.09 Å². The van der Waals surface area contributed by atoms with Gasteiger partial charge in [-0.15, -0.1) is 0 Å². The van der Waals surface area contributed by atoms with E-state index in [1.807, 2.05) is 19.1 Å². The molecule has 0 unspecified atom stereocenters. The highest BCUT2D eigenvalue weighted by atomic mass is 16.6. The van der Waals surface area contributed by atoms with Crippen molar-refractivity contribution in [2.75, 3.05) is 13.1 Å². The highest BCUT2D eigenvalue weighted by Crippen LogP contribution is 2.27. The zero-order valence-electron chi connectivity index (χ0n) is 16.9. The number of amides is 2. The van der Waals surface area contributed by atoms with Gasteiger partial charge in [0.05, 0.1) is 0 Å². The van der Waals surface area contributed by atoms with Gasteiger partial charge in [-0.2, -0.15) is 0 Å². The highest BCUT2D eigenvalue weighted by molar-refractivity contribution is 5.79. The molecule has 1 heterocycles. The second-order valence-corrected chi connectivity index (χ2v) is 8.37. The van der Waals surface area contributed by atoms with E-state index in [1.165, 1.54) is 0 Å². The van der Waals surface area contributed by atoms with Crippen LogP contribution in [0.3, 0.4) is 0 Å². The molecule has 2 aliphatic rings. The minimum Gasteiger partial charge on any atom is -0.508 e. The summed E-state index contributed by atoms with van der Waals surface area (Å²) in [5.74, 6) is 0.949. The molecule has 0 spiro atoms. The molecule has 1 saturated carbocycles. The van der Waals surface area contributed by atoms with Gasteiger partial charge < -0.3 is 20.1 Å². The van der Waals surface area contributed by atoms with Gasteiger partial charge in [0.15, 0.2) is 0 Å². The maximum atomic E-state index is 12.5. The Morgan fingerprint density at radius 2 is 1.82 bits per heavy atom. The second kappa shape index (κ2) is 9.30. The Balaban J connectivity index is 1.39. The van der Waals surface area contributed by atoms with E-state index in [9.17, 15) is 14.7 Å². The summed E-state index contributed by atoms with van der Waals surface area (Å²) < 4.78 is 5.67. The number of nitrogens with zero attached hydrogens (tertiary/aromatic N) is 1. The number of piperidine rings is 1. The highest BCUT2D eigenvalue weighted by Gasteiger charge is 2.30. The van der Waals surface area contributed by atoms with Crippen LogP contribution in [-0.2, 0) is 16.1 Å². The van der Waals surface area contributed by atoms with Gasteiger partial charge in [0.25, 0.3) is 0 Å². The van der Waals surface area contributed by atoms with Crippen LogP contribution in [0.1, 0.15) is 56.6 Å². The van der Waals surface area contributed by atoms with Crippen molar-refractivity contribution in [1.82, 2.24) is 10.2 Å². The normalized spacial score (nSPS) is 23.3. The molecule has 1 aromatic carbocycles. The molecule has 0 aromatic heterocycles. The van der Waals surface area contributed by atoms with Crippen molar-refractivity contribution in [3.05, 3.63) is 29.3 Å². The van der Waals surface area contributed by atoms with Crippen LogP contribution in [0.15, 0.2) is 18.2 Å². The lowest BCUT2D eigenvalue weighted by Gasteiger charge is -2.33. The molecule has 1 aromatic rings. The zero-order chi connectivity index (χ0) is 20.1. The van der Waals surface area contributed by atoms with Crippen LogP contribution in [0.25, 0.3) is 0 Å². The molecule has 0 radical (unpaired) electrons. The molecular formula is C22H32N2O4. The summed E-state index contributed by atoms with van der Waals surface area (Å²) in [5, 5.41) is 12.6. The van der Waals surface area contributed by atoms with Gasteiger partial charge in [0.2, 0.25) is 5.91 Å². The summed E-state index contributed by atoms with van der Waals surface area (Å²) in [6, 6.07) is 5.33. The number of carbonyl (C=O) groups excluding carboxylic acids is 2. The summed E-state index contributed by atoms with van der Waals surface area (Å²) in [7, 11) is 0. The number of hydrogen-bond acceptors (Lipinski definition) is 4. The summed E-state index contributed by atoms with van der Waals surface area (Å²) in [4.78, 5) is 26.6. The summed E-state index contributed by atoms with van der Waals surface area (Å²) in [6.07, 6.45) is 5.33. The standard InChI is InChI=1S/C22H32N2O4/c1-15-3-6-19(7-4-15)28-22(27)24-11-9-18(10-12-24)21(26)23-14-17-5-8-20(25)16(2)13-17/h5,8,13,15,18-19,25H,3-4,6-7,9-12,14H2,1-2H3,(H,23,26)/t15-,19-. The SMILES string of the molecule is Cc1cc(CNC(=O)C2CCN(C(=O)O[C@H]3CC[C@H](C)CC3)CC2)ccc1O. The van der Waals surface area contributed by atoms with Gasteiger partial charge in [0, 0.05) is 25.6 Å². The lowest BCUT2D eigenvalue weighted by Crippen LogP contribution is -2.44. The third kappa shape index (κ3) is 5.40. The number of phenolic OH excluding ortho intramolecular Hbond substituents is 1. The summed E-state index contributed by atoms with van der Waals surface area (Å²) >= 11 is 0. The van der Waals surface area contributed by atoms with Crippen molar-refractivity contribution >= 4 is 12.0 Å². The van der Waals surface area contributed by atoms with E-state index in [4.69, 9.17) is 4.74 Å². The molecule has 0 atom stereocenters. The number of aryl methyl sites for hydroxylation is 1. The first-order valence-corrected chi connectivity index (χ1v) is 10.4. The topological polar surface area (TPSA) is 78.9 Å². The van der Waals surface area contributed by atoms with E-state index in [-0.39, 0.29) is 29.8 Å². The number of ether oxygens (including phenoxy) is 1. The Morgan fingerprint density at radius 1 is 1.14 bits per heavy atom. The van der Waals surface area contributed by atoms with Gasteiger partial charge in [-0.05, 0) is 68.6 Å². The van der Waals surface area contributed by atoms with E-state index in [2.05, 4.69) is 12.2 Å². The number of likely N-dealkylation sites (tertiary alicyclic amines) is 1. The average Bonchev–Trinajstić information content (AvgIpc) is 2.70. The molecule has 2 N–H and O–H groups in total. The van der Waals surface area contributed by atoms with Crippen LogP contribution in [0.4, 0.5) is 4.79 Å². The third-order valence-electron chi connectivity index (χ3n) is 6.08. The molecule has 28 heavy (non-hydrogen) atoms. The van der Waals surface area contributed by atoms with Crippen molar-refractivity contribution in [3.63, 3.8) is 0 Å². The van der Waals surface area contributed by atoms with Crippen molar-refractivity contribution in [2.24, 2.45) is 11.8 Å². The van der Waals surface area contributed by atoms with E-state index in [1.54, 1.807) is 11.0 Å². The smallest absolute Gasteiger partial charge is 0.410 e. The molecule has 1 aliphatic heterocycles. The molecule has 1 saturated heterocycles. The first kappa shape index (κ1) is 20.5. The number of phenols is 1. The fourth-order valence-corrected chi connectivity index (χ4v) is 4.05. The number of hydrogen-bond donors (Lipinski definition) is 2. The predicted molar refractivity (Wildman–Crippen MR) is 107 cm³/mol. The number of carbonyl (C=O) groups is 2. The molecule has 0 bridgehead atoms. The third-order valence-corrected chi connectivity index (χ3v) is 6.08. The van der Waals surface area contributed by atoms with Crippen LogP contribution >= 0.6 is 0 Å². The average molecular weight is 389 g/mol. The van der Waals surface area contributed by atoms with Crippen molar-refractivity contribution in [1.29, 1.82) is 0 Å². The monoisotopic (exact) mass is 388 g/mol. The Hall–Kier alpha value is -2.24. The minimum absolute atomic E-state index is 0.0278. The zero-order valence-corrected chi connectivity index (χ0v) is 16.9. The van der Waals surface area contributed by atoms with E-state index in [0.29, 0.717) is 32.5 Å². The van der Waals surface area contributed by atoms with Crippen LogP contribution in [-0.4, -0.2) is 41.2 Å². The van der Waals surface area contributed by atoms with Crippen LogP contribution in [0.5, 0.6) is 5.75 Å². The Bertz CT molecular complexity index is 690. The number of benzene rings is 1. The molecular weight excluding hydrogens is 356 g/mol. The largest absolute Gasteiger partial charge is 0.508 e. The molecule has 2 fully saturated rings. The Morgan fingerprint density at radius 3 is 2.46 bits per heavy atom. The van der Waals surface area contributed by atoms with Crippen molar-refractivity contribution in [3.8, 4) is 5.75 Å². The van der Waals surface area contributed by atoms with Crippen LogP contribution in [0.2, 0.25) is 0 Å². The lowest BCUT2D eigenvalue weighted by atomic mass is 9.89. The molecule has 3 rings (SSSR count). The molecule has 1 aliphatic carbocycles. The first-order valence-electron chi connectivity index (χ1n) is 10.4. The number of nitrogens with one attached hydrogen (secondary N) is 1. The quantitative estimate of drug-likeness (QED) is 0.823. The van der Waals surface area contributed by atoms with Crippen LogP contribution < -0.4 is 5.32 Å². The van der Waals surface area contributed by atoms with Gasteiger partial charge in [-0.25, -0.2) is 4.79 Å². The molecule has 154 valence electrons. The van der Waals surface area contributed by atoms with E-state index < -0.39 is 0 Å². The number of aromatic hydroxyl groups is 1. The van der Waals surface area contributed by atoms with Crippen molar-refractivity contribution in [2.45, 2.75) is 65.0 Å². The minimum atomic E-state index is -0.224. The van der Waals surface area contributed by atoms with Crippen LogP contribution in [0, 0.1) is 18.8 Å². The maximum absolute atomic E-state index is 12.5. The lowest BCUT2D eigenvalue weighted by molar-refractivity contribution is -0.126. The molecule has 6 heteroatoms. The van der Waals surface area contributed by atoms with Gasteiger partial charge in [-0.1, -0.05) is 19.1 Å². The maximum Gasteiger partial charge on any atom is 0.410 e. The fraction of sp³-hybridized carbons (Fsp3) is 0.636. The van der Waals surface area contributed by atoms with E-state index in [0.717, 1.165) is 42.7 Å². The van der Waals surface area contributed by atoms with Gasteiger partial charge in [0.1, 0.15) is 11.9 Å². The van der Waals surface area contributed by atoms with E-state index >= 15 is 0 Å². The predicted octanol–water partition coefficient (Wildman–Crippen LogP) is 3.74. The number of rotatable bonds is 4. The Kier molecular flexibility index (Phi) is 6.81. The Labute approximate surface area is 167 Å². The second-order valence-electron chi connectivity index (χ2n) is 8.37. The molecule has 6 nitrogen and oxygen atoms in total. The fourth-order valence-electron chi connectivity index (χ4n) is 4.05. The summed E-state index contributed by atoms with van der Waals surface area (Å²) in [5.41, 5.74) is 1.76. The first-order chi connectivity index (χ1) is 13.4. The molecule has 2 amide bonds. The van der Waals surface area contributed by atoms with Gasteiger partial charge in [-0.3, -0.25) is 4.79 Å². The van der Waals surface area contributed by atoms with Crippen molar-refractivity contribution < 1.29 is 19.4 Å². The summed E-state index contributed by atoms with van der Waals surface area (Å²) in [6.45, 7) is 5.67.